The van der Waals surface area contributed by atoms with Crippen LogP contribution in [-0.2, 0) is 6.61 Å². The lowest BCUT2D eigenvalue weighted by Gasteiger charge is -2.13. The average molecular weight is 292 g/mol. The second-order valence-electron chi connectivity index (χ2n) is 4.62. The van der Waals surface area contributed by atoms with Crippen LogP contribution in [-0.4, -0.2) is 7.11 Å². The van der Waals surface area contributed by atoms with E-state index in [0.29, 0.717) is 23.1 Å². The lowest BCUT2D eigenvalue weighted by Crippen LogP contribution is -2.05. The lowest BCUT2D eigenvalue weighted by molar-refractivity contribution is 0.284. The Labute approximate surface area is 124 Å². The topological polar surface area (TPSA) is 44.5 Å². The van der Waals surface area contributed by atoms with Gasteiger partial charge in [0.25, 0.3) is 0 Å². The summed E-state index contributed by atoms with van der Waals surface area (Å²) >= 11 is 5.95. The van der Waals surface area contributed by atoms with Gasteiger partial charge in [0.2, 0.25) is 0 Å². The van der Waals surface area contributed by atoms with Gasteiger partial charge in [-0.05, 0) is 42.3 Å². The summed E-state index contributed by atoms with van der Waals surface area (Å²) in [6, 6.07) is 13.3. The maximum Gasteiger partial charge on any atom is 0.161 e. The van der Waals surface area contributed by atoms with Crippen LogP contribution in [0.3, 0.4) is 0 Å². The third kappa shape index (κ3) is 3.65. The van der Waals surface area contributed by atoms with Gasteiger partial charge in [-0.3, -0.25) is 0 Å². The van der Waals surface area contributed by atoms with Crippen molar-refractivity contribution in [1.82, 2.24) is 0 Å². The minimum atomic E-state index is -0.0362. The molecule has 4 heteroatoms. The molecule has 0 aromatic heterocycles. The molecule has 3 nitrogen and oxygen atoms in total. The Bertz CT molecular complexity index is 584. The van der Waals surface area contributed by atoms with Crippen LogP contribution >= 0.6 is 11.6 Å². The van der Waals surface area contributed by atoms with Crippen LogP contribution in [0.15, 0.2) is 42.5 Å². The molecule has 106 valence electrons. The first kappa shape index (κ1) is 14.7. The van der Waals surface area contributed by atoms with Crippen molar-refractivity contribution in [2.45, 2.75) is 19.6 Å². The molecule has 2 N–H and O–H groups in total. The van der Waals surface area contributed by atoms with E-state index < -0.39 is 0 Å². The molecular weight excluding hydrogens is 274 g/mol. The average Bonchev–Trinajstić information content (AvgIpc) is 2.45. The van der Waals surface area contributed by atoms with E-state index in [0.717, 1.165) is 11.1 Å². The normalized spacial score (nSPS) is 12.0. The van der Waals surface area contributed by atoms with Gasteiger partial charge in [0.1, 0.15) is 6.61 Å². The molecule has 0 amide bonds. The highest BCUT2D eigenvalue weighted by Crippen LogP contribution is 2.30. The molecule has 2 aromatic rings. The second-order valence-corrected chi connectivity index (χ2v) is 5.05. The second kappa shape index (κ2) is 6.64. The van der Waals surface area contributed by atoms with Crippen LogP contribution in [0.4, 0.5) is 0 Å². The largest absolute Gasteiger partial charge is 0.493 e. The zero-order chi connectivity index (χ0) is 14.5. The molecule has 0 radical (unpaired) electrons. The summed E-state index contributed by atoms with van der Waals surface area (Å²) in [4.78, 5) is 0. The Morgan fingerprint density at radius 1 is 1.15 bits per heavy atom. The Kier molecular flexibility index (Phi) is 4.88. The summed E-state index contributed by atoms with van der Waals surface area (Å²) in [5.74, 6) is 1.37. The van der Waals surface area contributed by atoms with Gasteiger partial charge in [-0.15, -0.1) is 0 Å². The fourth-order valence-electron chi connectivity index (χ4n) is 1.87. The molecule has 1 unspecified atom stereocenters. The van der Waals surface area contributed by atoms with Crippen LogP contribution in [0.2, 0.25) is 5.02 Å². The monoisotopic (exact) mass is 291 g/mol. The molecule has 0 aliphatic heterocycles. The highest BCUT2D eigenvalue weighted by molar-refractivity contribution is 6.30. The van der Waals surface area contributed by atoms with Crippen LogP contribution in [0.1, 0.15) is 24.1 Å². The molecule has 0 aliphatic carbocycles. The Morgan fingerprint density at radius 2 is 1.95 bits per heavy atom. The van der Waals surface area contributed by atoms with Crippen molar-refractivity contribution >= 4 is 11.6 Å². The molecule has 0 bridgehead atoms. The Hall–Kier alpha value is -1.71. The summed E-state index contributed by atoms with van der Waals surface area (Å²) in [5.41, 5.74) is 7.88. The highest BCUT2D eigenvalue weighted by atomic mass is 35.5. The number of hydrogen-bond acceptors (Lipinski definition) is 3. The summed E-state index contributed by atoms with van der Waals surface area (Å²) < 4.78 is 11.1. The first-order chi connectivity index (χ1) is 9.60. The van der Waals surface area contributed by atoms with Crippen LogP contribution < -0.4 is 15.2 Å². The van der Waals surface area contributed by atoms with E-state index in [-0.39, 0.29) is 6.04 Å². The smallest absolute Gasteiger partial charge is 0.161 e. The maximum atomic E-state index is 5.95. The predicted octanol–water partition coefficient (Wildman–Crippen LogP) is 3.95. The maximum absolute atomic E-state index is 5.95. The van der Waals surface area contributed by atoms with Crippen molar-refractivity contribution in [3.8, 4) is 11.5 Å². The molecule has 0 aliphatic rings. The van der Waals surface area contributed by atoms with E-state index in [2.05, 4.69) is 0 Å². The van der Waals surface area contributed by atoms with Gasteiger partial charge in [-0.1, -0.05) is 29.8 Å². The van der Waals surface area contributed by atoms with E-state index >= 15 is 0 Å². The van der Waals surface area contributed by atoms with Crippen LogP contribution in [0, 0.1) is 0 Å². The number of rotatable bonds is 5. The van der Waals surface area contributed by atoms with E-state index in [4.69, 9.17) is 26.8 Å². The first-order valence-corrected chi connectivity index (χ1v) is 6.78. The Morgan fingerprint density at radius 3 is 2.60 bits per heavy atom. The predicted molar refractivity (Wildman–Crippen MR) is 81.4 cm³/mol. The van der Waals surface area contributed by atoms with Crippen LogP contribution in [0.5, 0.6) is 11.5 Å². The molecule has 0 saturated heterocycles. The van der Waals surface area contributed by atoms with Crippen molar-refractivity contribution in [2.24, 2.45) is 5.73 Å². The first-order valence-electron chi connectivity index (χ1n) is 6.41. The molecule has 0 heterocycles. The van der Waals surface area contributed by atoms with Crippen LogP contribution in [0.25, 0.3) is 0 Å². The quantitative estimate of drug-likeness (QED) is 0.907. The van der Waals surface area contributed by atoms with Crippen molar-refractivity contribution in [1.29, 1.82) is 0 Å². The number of nitrogens with two attached hydrogens (primary N) is 1. The molecule has 2 aromatic carbocycles. The van der Waals surface area contributed by atoms with Gasteiger partial charge in [0, 0.05) is 11.1 Å². The number of benzene rings is 2. The molecule has 0 saturated carbocycles. The van der Waals surface area contributed by atoms with E-state index in [1.807, 2.05) is 49.4 Å². The SMILES string of the molecule is COc1cc(C(C)N)ccc1OCc1cccc(Cl)c1. The number of ether oxygens (including phenoxy) is 2. The zero-order valence-corrected chi connectivity index (χ0v) is 12.4. The van der Waals surface area contributed by atoms with Crippen molar-refractivity contribution in [3.05, 3.63) is 58.6 Å². The molecule has 0 spiro atoms. The molecule has 2 rings (SSSR count). The highest BCUT2D eigenvalue weighted by Gasteiger charge is 2.08. The molecule has 1 atom stereocenters. The van der Waals surface area contributed by atoms with Gasteiger partial charge in [0.15, 0.2) is 11.5 Å². The van der Waals surface area contributed by atoms with E-state index in [1.54, 1.807) is 7.11 Å². The molecular formula is C16H18ClNO2. The van der Waals surface area contributed by atoms with E-state index in [9.17, 15) is 0 Å². The van der Waals surface area contributed by atoms with Crippen molar-refractivity contribution < 1.29 is 9.47 Å². The van der Waals surface area contributed by atoms with Gasteiger partial charge < -0.3 is 15.2 Å². The Balaban J connectivity index is 2.13. The molecule has 0 fully saturated rings. The summed E-state index contributed by atoms with van der Waals surface area (Å²) in [6.45, 7) is 2.37. The minimum Gasteiger partial charge on any atom is -0.493 e. The van der Waals surface area contributed by atoms with Gasteiger partial charge >= 0.3 is 0 Å². The van der Waals surface area contributed by atoms with Gasteiger partial charge in [0.05, 0.1) is 7.11 Å². The van der Waals surface area contributed by atoms with Crippen molar-refractivity contribution in [3.63, 3.8) is 0 Å². The van der Waals surface area contributed by atoms with E-state index in [1.165, 1.54) is 0 Å². The zero-order valence-electron chi connectivity index (χ0n) is 11.6. The van der Waals surface area contributed by atoms with Crippen molar-refractivity contribution in [2.75, 3.05) is 7.11 Å². The summed E-state index contributed by atoms with van der Waals surface area (Å²) in [5, 5.41) is 0.699. The number of methoxy groups -OCH3 is 1. The van der Waals surface area contributed by atoms with Gasteiger partial charge in [-0.2, -0.15) is 0 Å². The summed E-state index contributed by atoms with van der Waals surface area (Å²) in [6.07, 6.45) is 0. The number of halogens is 1. The van der Waals surface area contributed by atoms with Gasteiger partial charge in [-0.25, -0.2) is 0 Å². The fraction of sp³-hybridized carbons (Fsp3) is 0.250. The number of hydrogen-bond donors (Lipinski definition) is 1. The molecule has 20 heavy (non-hydrogen) atoms. The third-order valence-electron chi connectivity index (χ3n) is 3.00. The minimum absolute atomic E-state index is 0.0362. The lowest BCUT2D eigenvalue weighted by atomic mass is 10.1. The fourth-order valence-corrected chi connectivity index (χ4v) is 2.09. The summed E-state index contributed by atoms with van der Waals surface area (Å²) in [7, 11) is 1.62. The third-order valence-corrected chi connectivity index (χ3v) is 3.23. The standard InChI is InChI=1S/C16H18ClNO2/c1-11(18)13-6-7-15(16(9-13)19-2)20-10-12-4-3-5-14(17)8-12/h3-9,11H,10,18H2,1-2H3.